The fraction of sp³-hybridized carbons (Fsp3) is 0.100. The van der Waals surface area contributed by atoms with Crippen LogP contribution < -0.4 is 5.32 Å². The summed E-state index contributed by atoms with van der Waals surface area (Å²) in [5.74, 6) is -0.139. The number of nitro benzene ring substituents is 1. The summed E-state index contributed by atoms with van der Waals surface area (Å²) in [6.07, 6.45) is 1.14. The number of hydrogen-bond acceptors (Lipinski definition) is 6. The quantitative estimate of drug-likeness (QED) is 0.675. The zero-order valence-corrected chi connectivity index (χ0v) is 11.0. The highest BCUT2D eigenvalue weighted by Crippen LogP contribution is 2.25. The molecule has 1 N–H and O–H groups in total. The maximum atomic E-state index is 11.8. The summed E-state index contributed by atoms with van der Waals surface area (Å²) < 4.78 is 4.82. The Labute approximate surface area is 115 Å². The smallest absolute Gasteiger partial charge is 0.284 e. The monoisotopic (exact) mass is 326 g/mol. The normalized spacial score (nSPS) is 10.2. The van der Waals surface area contributed by atoms with Crippen LogP contribution in [0.5, 0.6) is 0 Å². The molecule has 2 aromatic rings. The lowest BCUT2D eigenvalue weighted by atomic mass is 10.2. The molecular weight excluding hydrogens is 320 g/mol. The summed E-state index contributed by atoms with van der Waals surface area (Å²) in [4.78, 5) is 25.7. The standard InChI is InChI=1S/C10H7BrN4O4/c11-7-2-1-6(3-8(7)15(17)18)10(16)12-4-9-13-5-19-14-9/h1-3,5H,4H2,(H,12,16). The van der Waals surface area contributed by atoms with Gasteiger partial charge in [-0.2, -0.15) is 4.98 Å². The number of nitrogens with one attached hydrogen (secondary N) is 1. The molecule has 8 nitrogen and oxygen atoms in total. The predicted molar refractivity (Wildman–Crippen MR) is 66.3 cm³/mol. The molecule has 1 aromatic carbocycles. The average Bonchev–Trinajstić information content (AvgIpc) is 2.89. The third kappa shape index (κ3) is 3.13. The van der Waals surface area contributed by atoms with E-state index in [1.165, 1.54) is 18.2 Å². The highest BCUT2D eigenvalue weighted by Gasteiger charge is 2.16. The van der Waals surface area contributed by atoms with Gasteiger partial charge in [0, 0.05) is 11.6 Å². The SMILES string of the molecule is O=C(NCc1ncon1)c1ccc(Br)c([N+](=O)[O-])c1. The minimum Gasteiger partial charge on any atom is -0.345 e. The topological polar surface area (TPSA) is 111 Å². The summed E-state index contributed by atoms with van der Waals surface area (Å²) in [7, 11) is 0. The first kappa shape index (κ1) is 13.1. The van der Waals surface area contributed by atoms with E-state index in [2.05, 4.69) is 35.9 Å². The zero-order valence-electron chi connectivity index (χ0n) is 9.37. The molecule has 1 aromatic heterocycles. The maximum Gasteiger partial charge on any atom is 0.284 e. The number of benzene rings is 1. The largest absolute Gasteiger partial charge is 0.345 e. The molecule has 0 bridgehead atoms. The van der Waals surface area contributed by atoms with Crippen molar-refractivity contribution in [3.05, 3.63) is 50.6 Å². The number of hydrogen-bond donors (Lipinski definition) is 1. The third-order valence-corrected chi connectivity index (χ3v) is 2.89. The molecule has 0 fully saturated rings. The lowest BCUT2D eigenvalue weighted by molar-refractivity contribution is -0.385. The van der Waals surface area contributed by atoms with Gasteiger partial charge in [0.25, 0.3) is 11.6 Å². The molecule has 0 saturated carbocycles. The lowest BCUT2D eigenvalue weighted by Gasteiger charge is -2.03. The van der Waals surface area contributed by atoms with Crippen LogP contribution in [0, 0.1) is 10.1 Å². The van der Waals surface area contributed by atoms with E-state index in [4.69, 9.17) is 0 Å². The molecule has 0 aliphatic carbocycles. The van der Waals surface area contributed by atoms with Gasteiger partial charge >= 0.3 is 0 Å². The van der Waals surface area contributed by atoms with Crippen LogP contribution in [0.15, 0.2) is 33.6 Å². The van der Waals surface area contributed by atoms with Crippen LogP contribution in [-0.2, 0) is 6.54 Å². The Morgan fingerprint density at radius 3 is 2.95 bits per heavy atom. The Balaban J connectivity index is 2.11. The molecule has 0 radical (unpaired) electrons. The van der Waals surface area contributed by atoms with Gasteiger partial charge in [-0.15, -0.1) is 0 Å². The second kappa shape index (κ2) is 5.57. The van der Waals surface area contributed by atoms with Crippen molar-refractivity contribution < 1.29 is 14.2 Å². The van der Waals surface area contributed by atoms with Gasteiger partial charge in [0.2, 0.25) is 6.39 Å². The van der Waals surface area contributed by atoms with Crippen LogP contribution in [0.1, 0.15) is 16.2 Å². The van der Waals surface area contributed by atoms with E-state index in [9.17, 15) is 14.9 Å². The number of nitro groups is 1. The molecule has 1 heterocycles. The van der Waals surface area contributed by atoms with Crippen LogP contribution in [0.4, 0.5) is 5.69 Å². The second-order valence-corrected chi connectivity index (χ2v) is 4.31. The highest BCUT2D eigenvalue weighted by molar-refractivity contribution is 9.10. The first-order chi connectivity index (χ1) is 9.08. The fourth-order valence-electron chi connectivity index (χ4n) is 1.33. The maximum absolute atomic E-state index is 11.8. The fourth-order valence-corrected chi connectivity index (χ4v) is 1.72. The van der Waals surface area contributed by atoms with Crippen molar-refractivity contribution in [2.45, 2.75) is 6.54 Å². The number of amides is 1. The van der Waals surface area contributed by atoms with E-state index >= 15 is 0 Å². The van der Waals surface area contributed by atoms with E-state index in [1.807, 2.05) is 0 Å². The van der Waals surface area contributed by atoms with Crippen LogP contribution in [0.3, 0.4) is 0 Å². The first-order valence-electron chi connectivity index (χ1n) is 5.05. The Hall–Kier alpha value is -2.29. The van der Waals surface area contributed by atoms with Crippen LogP contribution in [0.2, 0.25) is 0 Å². The molecular formula is C10H7BrN4O4. The number of nitrogens with zero attached hydrogens (tertiary/aromatic N) is 3. The summed E-state index contributed by atoms with van der Waals surface area (Å²) in [6.45, 7) is 0.0825. The average molecular weight is 327 g/mol. The van der Waals surface area contributed by atoms with Gasteiger partial charge in [0.1, 0.15) is 0 Å². The minimum atomic E-state index is -0.569. The predicted octanol–water partition coefficient (Wildman–Crippen LogP) is 1.67. The van der Waals surface area contributed by atoms with Gasteiger partial charge in [0.15, 0.2) is 5.82 Å². The summed E-state index contributed by atoms with van der Waals surface area (Å²) >= 11 is 3.04. The Morgan fingerprint density at radius 1 is 1.53 bits per heavy atom. The molecule has 1 amide bonds. The number of carbonyl (C=O) groups excluding carboxylic acids is 1. The van der Waals surface area contributed by atoms with Crippen molar-refractivity contribution in [3.63, 3.8) is 0 Å². The minimum absolute atomic E-state index is 0.0825. The van der Waals surface area contributed by atoms with E-state index in [0.717, 1.165) is 6.39 Å². The van der Waals surface area contributed by atoms with Crippen molar-refractivity contribution in [1.82, 2.24) is 15.5 Å². The molecule has 0 aliphatic rings. The van der Waals surface area contributed by atoms with E-state index in [1.54, 1.807) is 0 Å². The van der Waals surface area contributed by atoms with Crippen molar-refractivity contribution in [3.8, 4) is 0 Å². The molecule has 19 heavy (non-hydrogen) atoms. The molecule has 98 valence electrons. The number of halogens is 1. The molecule has 0 unspecified atom stereocenters. The van der Waals surface area contributed by atoms with Gasteiger partial charge in [-0.3, -0.25) is 14.9 Å². The van der Waals surface area contributed by atoms with E-state index < -0.39 is 10.8 Å². The van der Waals surface area contributed by atoms with Crippen molar-refractivity contribution in [1.29, 1.82) is 0 Å². The Bertz CT molecular complexity index is 614. The van der Waals surface area contributed by atoms with Crippen molar-refractivity contribution in [2.75, 3.05) is 0 Å². The summed E-state index contributed by atoms with van der Waals surface area (Å²) in [5.41, 5.74) is 0.00519. The Kier molecular flexibility index (Phi) is 3.85. The van der Waals surface area contributed by atoms with Gasteiger partial charge in [0.05, 0.1) is 15.9 Å². The number of carbonyl (C=O) groups is 1. The Morgan fingerprint density at radius 2 is 2.32 bits per heavy atom. The van der Waals surface area contributed by atoms with Gasteiger partial charge < -0.3 is 9.84 Å². The van der Waals surface area contributed by atoms with Gasteiger partial charge in [-0.25, -0.2) is 0 Å². The summed E-state index contributed by atoms with van der Waals surface area (Å²) in [6, 6.07) is 4.11. The van der Waals surface area contributed by atoms with Crippen LogP contribution in [-0.4, -0.2) is 21.0 Å². The van der Waals surface area contributed by atoms with Crippen molar-refractivity contribution >= 4 is 27.5 Å². The van der Waals surface area contributed by atoms with Crippen LogP contribution in [0.25, 0.3) is 0 Å². The number of aromatic nitrogens is 2. The van der Waals surface area contributed by atoms with Gasteiger partial charge in [-0.05, 0) is 28.1 Å². The van der Waals surface area contributed by atoms with E-state index in [0.29, 0.717) is 10.3 Å². The zero-order chi connectivity index (χ0) is 13.8. The first-order valence-corrected chi connectivity index (χ1v) is 5.84. The summed E-state index contributed by atoms with van der Waals surface area (Å²) in [5, 5.41) is 16.8. The molecule has 0 atom stereocenters. The van der Waals surface area contributed by atoms with E-state index in [-0.39, 0.29) is 17.8 Å². The van der Waals surface area contributed by atoms with Crippen molar-refractivity contribution in [2.24, 2.45) is 0 Å². The lowest BCUT2D eigenvalue weighted by Crippen LogP contribution is -2.23. The molecule has 0 aliphatic heterocycles. The number of rotatable bonds is 4. The molecule has 2 rings (SSSR count). The molecule has 9 heteroatoms. The van der Waals surface area contributed by atoms with Gasteiger partial charge in [-0.1, -0.05) is 5.16 Å². The molecule has 0 spiro atoms. The highest BCUT2D eigenvalue weighted by atomic mass is 79.9. The third-order valence-electron chi connectivity index (χ3n) is 2.22. The second-order valence-electron chi connectivity index (χ2n) is 3.45. The molecule has 0 saturated heterocycles. The van der Waals surface area contributed by atoms with Crippen LogP contribution >= 0.6 is 15.9 Å².